The smallest absolute Gasteiger partial charge is 0.320 e. The first-order valence-corrected chi connectivity index (χ1v) is 13.4. The van der Waals surface area contributed by atoms with E-state index in [4.69, 9.17) is 4.74 Å². The lowest BCUT2D eigenvalue weighted by Gasteiger charge is -2.27. The first kappa shape index (κ1) is 22.8. The molecule has 2 aromatic carbocycles. The first-order chi connectivity index (χ1) is 15.6. The predicted octanol–water partition coefficient (Wildman–Crippen LogP) is 4.31. The van der Waals surface area contributed by atoms with Gasteiger partial charge in [0.2, 0.25) is 0 Å². The van der Waals surface area contributed by atoms with Crippen LogP contribution in [-0.2, 0) is 18.9 Å². The van der Waals surface area contributed by atoms with Crippen LogP contribution in [0, 0.1) is 0 Å². The van der Waals surface area contributed by atoms with Gasteiger partial charge in [-0.05, 0) is 25.7 Å². The van der Waals surface area contributed by atoms with Crippen LogP contribution in [0.4, 0.5) is 0 Å². The van der Waals surface area contributed by atoms with Crippen molar-refractivity contribution in [3.63, 3.8) is 0 Å². The Balaban J connectivity index is 1.47. The third-order valence-electron chi connectivity index (χ3n) is 6.75. The molecule has 5 nitrogen and oxygen atoms in total. The zero-order valence-electron chi connectivity index (χ0n) is 18.5. The van der Waals surface area contributed by atoms with Gasteiger partial charge in [-0.15, -0.1) is 0 Å². The van der Waals surface area contributed by atoms with Crippen molar-refractivity contribution in [1.29, 1.82) is 0 Å². The molecule has 0 atom stereocenters. The van der Waals surface area contributed by atoms with Crippen molar-refractivity contribution in [1.82, 2.24) is 5.32 Å². The van der Waals surface area contributed by atoms with Crippen molar-refractivity contribution in [2.75, 3.05) is 6.61 Å². The van der Waals surface area contributed by atoms with E-state index in [0.717, 1.165) is 25.7 Å². The second-order valence-electron chi connectivity index (χ2n) is 9.00. The molecule has 6 heteroatoms. The van der Waals surface area contributed by atoms with Gasteiger partial charge in [-0.2, -0.15) is 0 Å². The molecule has 0 bridgehead atoms. The van der Waals surface area contributed by atoms with Crippen molar-refractivity contribution in [3.8, 4) is 0 Å². The van der Waals surface area contributed by atoms with E-state index < -0.39 is 18.3 Å². The van der Waals surface area contributed by atoms with Crippen LogP contribution in [0.3, 0.4) is 0 Å². The van der Waals surface area contributed by atoms with E-state index in [1.807, 2.05) is 60.7 Å². The van der Waals surface area contributed by atoms with Gasteiger partial charge in [0.1, 0.15) is 5.16 Å². The summed E-state index contributed by atoms with van der Waals surface area (Å²) in [6, 6.07) is 18.5. The SMILES string of the molecule is O=C(COC(=O)C1(P(=O)(c2ccccc2)c2ccccc2)CC1)NC1CCCCCCC1. The highest BCUT2D eigenvalue weighted by molar-refractivity contribution is 7.81. The maximum absolute atomic E-state index is 14.6. The summed E-state index contributed by atoms with van der Waals surface area (Å²) in [5.74, 6) is -0.796. The van der Waals surface area contributed by atoms with Crippen molar-refractivity contribution < 1.29 is 18.9 Å². The van der Waals surface area contributed by atoms with Gasteiger partial charge in [0.15, 0.2) is 13.7 Å². The van der Waals surface area contributed by atoms with Gasteiger partial charge in [0, 0.05) is 16.7 Å². The van der Waals surface area contributed by atoms with Gasteiger partial charge in [-0.25, -0.2) is 0 Å². The molecule has 2 aromatic rings. The minimum Gasteiger partial charge on any atom is -0.455 e. The van der Waals surface area contributed by atoms with Crippen LogP contribution < -0.4 is 15.9 Å². The highest BCUT2D eigenvalue weighted by atomic mass is 31.2. The van der Waals surface area contributed by atoms with E-state index in [-0.39, 0.29) is 18.6 Å². The summed E-state index contributed by atoms with van der Waals surface area (Å²) >= 11 is 0. The molecular formula is C26H32NO4P. The number of ether oxygens (including phenoxy) is 1. The molecule has 0 heterocycles. The predicted molar refractivity (Wildman–Crippen MR) is 127 cm³/mol. The fourth-order valence-electron chi connectivity index (χ4n) is 4.82. The van der Waals surface area contributed by atoms with E-state index in [1.165, 1.54) is 19.3 Å². The third-order valence-corrected chi connectivity index (χ3v) is 10.6. The number of carbonyl (C=O) groups excluding carboxylic acids is 2. The summed E-state index contributed by atoms with van der Waals surface area (Å²) in [5.41, 5.74) is 0. The molecule has 0 spiro atoms. The fourth-order valence-corrected chi connectivity index (χ4v) is 8.35. The highest BCUT2D eigenvalue weighted by Crippen LogP contribution is 2.68. The second kappa shape index (κ2) is 10.0. The number of hydrogen-bond acceptors (Lipinski definition) is 4. The number of carbonyl (C=O) groups is 2. The molecule has 0 aromatic heterocycles. The number of esters is 1. The maximum Gasteiger partial charge on any atom is 0.320 e. The van der Waals surface area contributed by atoms with Gasteiger partial charge in [0.05, 0.1) is 0 Å². The van der Waals surface area contributed by atoms with Gasteiger partial charge in [-0.3, -0.25) is 9.59 Å². The Hall–Kier alpha value is -2.39. The Morgan fingerprint density at radius 3 is 1.84 bits per heavy atom. The van der Waals surface area contributed by atoms with Crippen LogP contribution in [0.2, 0.25) is 0 Å². The molecule has 2 aliphatic carbocycles. The average Bonchev–Trinajstić information content (AvgIpc) is 3.62. The number of benzene rings is 2. The molecule has 0 saturated heterocycles. The van der Waals surface area contributed by atoms with E-state index in [0.29, 0.717) is 23.5 Å². The minimum absolute atomic E-state index is 0.149. The zero-order chi connectivity index (χ0) is 22.4. The lowest BCUT2D eigenvalue weighted by Crippen LogP contribution is -2.40. The molecule has 2 aliphatic rings. The Morgan fingerprint density at radius 2 is 1.34 bits per heavy atom. The number of hydrogen-bond donors (Lipinski definition) is 1. The molecule has 2 saturated carbocycles. The monoisotopic (exact) mass is 453 g/mol. The summed E-state index contributed by atoms with van der Waals surface area (Å²) in [6.45, 7) is -0.319. The summed E-state index contributed by atoms with van der Waals surface area (Å²) in [5, 5.41) is 3.25. The minimum atomic E-state index is -3.28. The number of nitrogens with one attached hydrogen (secondary N) is 1. The Bertz CT molecular complexity index is 920. The quantitative estimate of drug-likeness (QED) is 0.501. The Kier molecular flexibility index (Phi) is 7.15. The van der Waals surface area contributed by atoms with E-state index in [1.54, 1.807) is 0 Å². The largest absolute Gasteiger partial charge is 0.455 e. The summed E-state index contributed by atoms with van der Waals surface area (Å²) < 4.78 is 20.1. The molecule has 0 unspecified atom stereocenters. The van der Waals surface area contributed by atoms with E-state index in [9.17, 15) is 14.2 Å². The standard InChI is InChI=1S/C26H32NO4P/c28-24(27-21-12-6-2-1-3-7-13-21)20-31-25(29)26(18-19-26)32(30,22-14-8-4-9-15-22)23-16-10-5-11-17-23/h4-5,8-11,14-17,21H,1-3,6-7,12-13,18-20H2,(H,27,28). The van der Waals surface area contributed by atoms with Crippen LogP contribution in [0.1, 0.15) is 57.8 Å². The van der Waals surface area contributed by atoms with Crippen LogP contribution in [-0.4, -0.2) is 29.7 Å². The normalized spacial score (nSPS) is 18.8. The van der Waals surface area contributed by atoms with Crippen LogP contribution in [0.5, 0.6) is 0 Å². The molecule has 0 radical (unpaired) electrons. The third kappa shape index (κ3) is 4.68. The van der Waals surface area contributed by atoms with Crippen molar-refractivity contribution in [2.24, 2.45) is 0 Å². The molecule has 4 rings (SSSR count). The van der Waals surface area contributed by atoms with Crippen LogP contribution in [0.15, 0.2) is 60.7 Å². The molecule has 1 amide bonds. The molecule has 1 N–H and O–H groups in total. The van der Waals surface area contributed by atoms with Gasteiger partial charge >= 0.3 is 5.97 Å². The van der Waals surface area contributed by atoms with Crippen LogP contribution in [0.25, 0.3) is 0 Å². The summed E-state index contributed by atoms with van der Waals surface area (Å²) in [6.07, 6.45) is 8.85. The highest BCUT2D eigenvalue weighted by Gasteiger charge is 2.65. The van der Waals surface area contributed by atoms with Gasteiger partial charge in [0.25, 0.3) is 5.91 Å². The molecule has 2 fully saturated rings. The first-order valence-electron chi connectivity index (χ1n) is 11.7. The maximum atomic E-state index is 14.6. The number of rotatable bonds is 7. The molecular weight excluding hydrogens is 421 g/mol. The molecule has 32 heavy (non-hydrogen) atoms. The van der Waals surface area contributed by atoms with Crippen molar-refractivity contribution in [3.05, 3.63) is 60.7 Å². The summed E-state index contributed by atoms with van der Waals surface area (Å²) in [7, 11) is -3.28. The zero-order valence-corrected chi connectivity index (χ0v) is 19.4. The summed E-state index contributed by atoms with van der Waals surface area (Å²) in [4.78, 5) is 25.7. The van der Waals surface area contributed by atoms with E-state index in [2.05, 4.69) is 5.32 Å². The lowest BCUT2D eigenvalue weighted by molar-refractivity contribution is -0.149. The fraction of sp³-hybridized carbons (Fsp3) is 0.462. The molecule has 170 valence electrons. The average molecular weight is 454 g/mol. The molecule has 0 aliphatic heterocycles. The number of amides is 1. The van der Waals surface area contributed by atoms with Crippen molar-refractivity contribution >= 4 is 29.6 Å². The Morgan fingerprint density at radius 1 is 0.844 bits per heavy atom. The van der Waals surface area contributed by atoms with Gasteiger partial charge < -0.3 is 14.6 Å². The second-order valence-corrected chi connectivity index (χ2v) is 12.1. The van der Waals surface area contributed by atoms with Gasteiger partial charge in [-0.1, -0.05) is 92.8 Å². The van der Waals surface area contributed by atoms with Crippen LogP contribution >= 0.6 is 7.14 Å². The van der Waals surface area contributed by atoms with Crippen molar-refractivity contribution in [2.45, 2.75) is 69.0 Å². The lowest BCUT2D eigenvalue weighted by atomic mass is 9.97. The Labute approximate surface area is 190 Å². The van der Waals surface area contributed by atoms with E-state index >= 15 is 0 Å². The topological polar surface area (TPSA) is 72.5 Å².